The van der Waals surface area contributed by atoms with Crippen molar-refractivity contribution in [2.45, 2.75) is 6.54 Å². The van der Waals surface area contributed by atoms with E-state index in [4.69, 9.17) is 4.74 Å². The van der Waals surface area contributed by atoms with Crippen LogP contribution in [0.1, 0.15) is 16.1 Å². The molecule has 1 fully saturated rings. The van der Waals surface area contributed by atoms with Crippen LogP contribution in [0.2, 0.25) is 0 Å². The molecule has 0 radical (unpaired) electrons. The highest BCUT2D eigenvalue weighted by Gasteiger charge is 2.19. The Bertz CT molecular complexity index is 627. The van der Waals surface area contributed by atoms with Crippen LogP contribution in [0.15, 0.2) is 42.7 Å². The summed E-state index contributed by atoms with van der Waals surface area (Å²) in [7, 11) is 0. The van der Waals surface area contributed by atoms with E-state index in [9.17, 15) is 4.79 Å². The van der Waals surface area contributed by atoms with Crippen LogP contribution < -0.4 is 5.32 Å². The number of aromatic nitrogens is 2. The number of hydrogen-bond donors (Lipinski definition) is 1. The van der Waals surface area contributed by atoms with Gasteiger partial charge < -0.3 is 15.0 Å². The van der Waals surface area contributed by atoms with Crippen LogP contribution in [0.4, 0.5) is 5.82 Å². The van der Waals surface area contributed by atoms with Crippen LogP contribution in [0, 0.1) is 0 Å². The van der Waals surface area contributed by atoms with Gasteiger partial charge in [0.05, 0.1) is 13.2 Å². The average molecular weight is 298 g/mol. The topological polar surface area (TPSA) is 67.4 Å². The van der Waals surface area contributed by atoms with Gasteiger partial charge in [-0.25, -0.2) is 9.97 Å². The second-order valence-electron chi connectivity index (χ2n) is 5.03. The van der Waals surface area contributed by atoms with Gasteiger partial charge in [-0.1, -0.05) is 30.3 Å². The number of nitrogens with one attached hydrogen (secondary N) is 1. The molecule has 22 heavy (non-hydrogen) atoms. The SMILES string of the molecule is O=C(c1cc(NCc2ccccc2)ncn1)N1CCOCC1. The standard InChI is InChI=1S/C16H18N4O2/c21-16(20-6-8-22-9-7-20)14-10-15(19-12-18-14)17-11-13-4-2-1-3-5-13/h1-5,10,12H,6-9,11H2,(H,17,18,19). The summed E-state index contributed by atoms with van der Waals surface area (Å²) in [6, 6.07) is 11.7. The van der Waals surface area contributed by atoms with Crippen LogP contribution in [0.25, 0.3) is 0 Å². The minimum atomic E-state index is -0.0755. The molecule has 1 amide bonds. The summed E-state index contributed by atoms with van der Waals surface area (Å²) < 4.78 is 5.26. The maximum atomic E-state index is 12.4. The summed E-state index contributed by atoms with van der Waals surface area (Å²) in [4.78, 5) is 22.4. The van der Waals surface area contributed by atoms with E-state index in [0.29, 0.717) is 44.4 Å². The first-order valence-corrected chi connectivity index (χ1v) is 7.30. The van der Waals surface area contributed by atoms with E-state index >= 15 is 0 Å². The third-order valence-corrected chi connectivity index (χ3v) is 3.50. The summed E-state index contributed by atoms with van der Waals surface area (Å²) in [5.41, 5.74) is 1.56. The monoisotopic (exact) mass is 298 g/mol. The second-order valence-corrected chi connectivity index (χ2v) is 5.03. The maximum Gasteiger partial charge on any atom is 0.272 e. The highest BCUT2D eigenvalue weighted by molar-refractivity contribution is 5.92. The number of anilines is 1. The van der Waals surface area contributed by atoms with Gasteiger partial charge in [0.2, 0.25) is 0 Å². The lowest BCUT2D eigenvalue weighted by Crippen LogP contribution is -2.41. The van der Waals surface area contributed by atoms with Gasteiger partial charge in [0.1, 0.15) is 17.8 Å². The Balaban J connectivity index is 1.65. The molecule has 0 saturated carbocycles. The maximum absolute atomic E-state index is 12.4. The van der Waals surface area contributed by atoms with E-state index in [1.807, 2.05) is 30.3 Å². The summed E-state index contributed by atoms with van der Waals surface area (Å²) in [6.45, 7) is 3.03. The van der Waals surface area contributed by atoms with Gasteiger partial charge >= 0.3 is 0 Å². The predicted octanol–water partition coefficient (Wildman–Crippen LogP) is 1.56. The second kappa shape index (κ2) is 7.00. The van der Waals surface area contributed by atoms with Crippen molar-refractivity contribution in [3.05, 3.63) is 54.0 Å². The first-order valence-electron chi connectivity index (χ1n) is 7.30. The van der Waals surface area contributed by atoms with Crippen molar-refractivity contribution in [1.29, 1.82) is 0 Å². The lowest BCUT2D eigenvalue weighted by Gasteiger charge is -2.26. The Morgan fingerprint density at radius 3 is 2.73 bits per heavy atom. The Kier molecular flexibility index (Phi) is 4.60. The molecule has 1 aliphatic rings. The fourth-order valence-electron chi connectivity index (χ4n) is 2.29. The zero-order chi connectivity index (χ0) is 15.2. The van der Waals surface area contributed by atoms with Crippen LogP contribution in [0.5, 0.6) is 0 Å². The molecule has 0 atom stereocenters. The third kappa shape index (κ3) is 3.59. The van der Waals surface area contributed by atoms with Crippen LogP contribution in [-0.4, -0.2) is 47.1 Å². The number of nitrogens with zero attached hydrogens (tertiary/aromatic N) is 3. The molecule has 0 spiro atoms. The van der Waals surface area contributed by atoms with Gasteiger partial charge in [0, 0.05) is 25.7 Å². The molecule has 0 bridgehead atoms. The zero-order valence-corrected chi connectivity index (χ0v) is 12.2. The molecule has 3 rings (SSSR count). The molecule has 2 aromatic rings. The molecule has 0 aliphatic carbocycles. The molecule has 1 aliphatic heterocycles. The number of ether oxygens (including phenoxy) is 1. The molecule has 1 saturated heterocycles. The Hall–Kier alpha value is -2.47. The van der Waals surface area contributed by atoms with Crippen molar-refractivity contribution in [2.24, 2.45) is 0 Å². The lowest BCUT2D eigenvalue weighted by molar-refractivity contribution is 0.0299. The van der Waals surface area contributed by atoms with E-state index in [2.05, 4.69) is 15.3 Å². The molecule has 0 unspecified atom stereocenters. The van der Waals surface area contributed by atoms with E-state index < -0.39 is 0 Å². The number of carbonyl (C=O) groups excluding carboxylic acids is 1. The van der Waals surface area contributed by atoms with Gasteiger partial charge in [-0.3, -0.25) is 4.79 Å². The van der Waals surface area contributed by atoms with Crippen LogP contribution in [-0.2, 0) is 11.3 Å². The highest BCUT2D eigenvalue weighted by atomic mass is 16.5. The molecule has 2 heterocycles. The Labute approximate surface area is 129 Å². The molecule has 114 valence electrons. The fraction of sp³-hybridized carbons (Fsp3) is 0.312. The third-order valence-electron chi connectivity index (χ3n) is 3.50. The lowest BCUT2D eigenvalue weighted by atomic mass is 10.2. The number of amides is 1. The Morgan fingerprint density at radius 1 is 1.18 bits per heavy atom. The number of benzene rings is 1. The molecule has 6 nitrogen and oxygen atoms in total. The minimum Gasteiger partial charge on any atom is -0.378 e. The van der Waals surface area contributed by atoms with E-state index in [0.717, 1.165) is 5.56 Å². The minimum absolute atomic E-state index is 0.0755. The largest absolute Gasteiger partial charge is 0.378 e. The van der Waals surface area contributed by atoms with Crippen LogP contribution in [0.3, 0.4) is 0 Å². The van der Waals surface area contributed by atoms with Gasteiger partial charge in [-0.2, -0.15) is 0 Å². The number of morpholine rings is 1. The Morgan fingerprint density at radius 2 is 1.95 bits per heavy atom. The quantitative estimate of drug-likeness (QED) is 0.928. The van der Waals surface area contributed by atoms with Crippen LogP contribution >= 0.6 is 0 Å². The summed E-state index contributed by atoms with van der Waals surface area (Å²) in [5.74, 6) is 0.573. The first-order chi connectivity index (χ1) is 10.8. The van der Waals surface area contributed by atoms with Gasteiger partial charge in [0.25, 0.3) is 5.91 Å². The van der Waals surface area contributed by atoms with E-state index in [1.165, 1.54) is 6.33 Å². The fourth-order valence-corrected chi connectivity index (χ4v) is 2.29. The molecule has 1 aromatic carbocycles. The normalized spacial score (nSPS) is 14.6. The number of carbonyl (C=O) groups is 1. The average Bonchev–Trinajstić information content (AvgIpc) is 2.61. The van der Waals surface area contributed by atoms with Crippen molar-refractivity contribution >= 4 is 11.7 Å². The smallest absolute Gasteiger partial charge is 0.272 e. The van der Waals surface area contributed by atoms with Crippen molar-refractivity contribution < 1.29 is 9.53 Å². The molecule has 6 heteroatoms. The molecular weight excluding hydrogens is 280 g/mol. The highest BCUT2D eigenvalue weighted by Crippen LogP contribution is 2.10. The van der Waals surface area contributed by atoms with Crippen molar-refractivity contribution in [1.82, 2.24) is 14.9 Å². The van der Waals surface area contributed by atoms with Crippen molar-refractivity contribution in [2.75, 3.05) is 31.6 Å². The van der Waals surface area contributed by atoms with Crippen molar-refractivity contribution in [3.63, 3.8) is 0 Å². The molecule has 1 N–H and O–H groups in total. The number of rotatable bonds is 4. The zero-order valence-electron chi connectivity index (χ0n) is 12.2. The van der Waals surface area contributed by atoms with Gasteiger partial charge in [-0.05, 0) is 5.56 Å². The first kappa shape index (κ1) is 14.5. The summed E-state index contributed by atoms with van der Waals surface area (Å²) in [5, 5.41) is 3.21. The van der Waals surface area contributed by atoms with Gasteiger partial charge in [0.15, 0.2) is 0 Å². The van der Waals surface area contributed by atoms with Gasteiger partial charge in [-0.15, -0.1) is 0 Å². The molecule has 1 aromatic heterocycles. The van der Waals surface area contributed by atoms with Crippen molar-refractivity contribution in [3.8, 4) is 0 Å². The van der Waals surface area contributed by atoms with E-state index in [1.54, 1.807) is 11.0 Å². The summed E-state index contributed by atoms with van der Waals surface area (Å²) >= 11 is 0. The predicted molar refractivity (Wildman–Crippen MR) is 82.5 cm³/mol. The number of hydrogen-bond acceptors (Lipinski definition) is 5. The molecular formula is C16H18N4O2. The summed E-state index contributed by atoms with van der Waals surface area (Å²) in [6.07, 6.45) is 1.42. The van der Waals surface area contributed by atoms with E-state index in [-0.39, 0.29) is 5.91 Å².